The van der Waals surface area contributed by atoms with Gasteiger partial charge in [0.1, 0.15) is 0 Å². The van der Waals surface area contributed by atoms with Crippen LogP contribution in [-0.2, 0) is 4.74 Å². The largest absolute Gasteiger partial charge is 0.375 e. The Hall–Kier alpha value is -0.340. The van der Waals surface area contributed by atoms with Crippen LogP contribution in [0.25, 0.3) is 0 Å². The Morgan fingerprint density at radius 1 is 1.53 bits per heavy atom. The molecule has 0 saturated carbocycles. The predicted molar refractivity (Wildman–Crippen MR) is 62.9 cm³/mol. The highest BCUT2D eigenvalue weighted by atomic mass is 16.5. The molecule has 0 radical (unpaired) electrons. The molecule has 4 unspecified atom stereocenters. The Balaban J connectivity index is 1.89. The zero-order valence-electron chi connectivity index (χ0n) is 9.74. The van der Waals surface area contributed by atoms with E-state index in [0.29, 0.717) is 18.2 Å². The minimum atomic E-state index is 0.532. The van der Waals surface area contributed by atoms with Crippen molar-refractivity contribution in [3.8, 4) is 0 Å². The van der Waals surface area contributed by atoms with E-state index in [1.165, 1.54) is 25.7 Å². The lowest BCUT2D eigenvalue weighted by Gasteiger charge is -2.28. The van der Waals surface area contributed by atoms with Gasteiger partial charge < -0.3 is 10.1 Å². The van der Waals surface area contributed by atoms with Crippen LogP contribution in [0.15, 0.2) is 12.7 Å². The summed E-state index contributed by atoms with van der Waals surface area (Å²) in [7, 11) is 0. The zero-order chi connectivity index (χ0) is 10.7. The molecule has 2 rings (SSSR count). The first-order chi connectivity index (χ1) is 7.35. The zero-order valence-corrected chi connectivity index (χ0v) is 9.74. The van der Waals surface area contributed by atoms with Crippen LogP contribution in [0.1, 0.15) is 39.0 Å². The van der Waals surface area contributed by atoms with Crippen molar-refractivity contribution < 1.29 is 4.74 Å². The number of nitrogens with one attached hydrogen (secondary N) is 1. The van der Waals surface area contributed by atoms with E-state index < -0.39 is 0 Å². The standard InChI is InChI=1S/C13H23NO/c1-3-5-12(14-8-4-2)11-9-10-6-7-13(11)15-10/h3,10-14H,1,4-9H2,2H3. The monoisotopic (exact) mass is 209 g/mol. The first-order valence-corrected chi connectivity index (χ1v) is 6.35. The minimum absolute atomic E-state index is 0.532. The summed E-state index contributed by atoms with van der Waals surface area (Å²) < 4.78 is 5.92. The summed E-state index contributed by atoms with van der Waals surface area (Å²) in [6.45, 7) is 7.20. The molecule has 15 heavy (non-hydrogen) atoms. The lowest BCUT2D eigenvalue weighted by molar-refractivity contribution is 0.0859. The van der Waals surface area contributed by atoms with Crippen LogP contribution < -0.4 is 5.32 Å². The third-order valence-corrected chi connectivity index (χ3v) is 3.75. The summed E-state index contributed by atoms with van der Waals surface area (Å²) in [6, 6.07) is 0.595. The van der Waals surface area contributed by atoms with Gasteiger partial charge in [-0.1, -0.05) is 13.0 Å². The summed E-state index contributed by atoms with van der Waals surface area (Å²) in [4.78, 5) is 0. The van der Waals surface area contributed by atoms with Crippen LogP contribution in [0, 0.1) is 5.92 Å². The summed E-state index contributed by atoms with van der Waals surface area (Å²) in [6.07, 6.45) is 9.25. The van der Waals surface area contributed by atoms with Gasteiger partial charge in [0, 0.05) is 12.0 Å². The lowest BCUT2D eigenvalue weighted by Crippen LogP contribution is -2.40. The maximum Gasteiger partial charge on any atom is 0.0623 e. The second kappa shape index (κ2) is 5.13. The van der Waals surface area contributed by atoms with E-state index in [1.807, 2.05) is 6.08 Å². The number of hydrogen-bond donors (Lipinski definition) is 1. The summed E-state index contributed by atoms with van der Waals surface area (Å²) in [5.41, 5.74) is 0. The molecule has 2 bridgehead atoms. The van der Waals surface area contributed by atoms with Crippen LogP contribution in [0.3, 0.4) is 0 Å². The second-order valence-corrected chi connectivity index (χ2v) is 4.86. The van der Waals surface area contributed by atoms with Crippen molar-refractivity contribution in [1.29, 1.82) is 0 Å². The van der Waals surface area contributed by atoms with Crippen LogP contribution >= 0.6 is 0 Å². The first kappa shape index (κ1) is 11.2. The fourth-order valence-electron chi connectivity index (χ4n) is 3.02. The fraction of sp³-hybridized carbons (Fsp3) is 0.846. The average Bonchev–Trinajstić information content (AvgIpc) is 2.85. The molecule has 2 heteroatoms. The maximum atomic E-state index is 5.92. The van der Waals surface area contributed by atoms with Gasteiger partial charge >= 0.3 is 0 Å². The van der Waals surface area contributed by atoms with E-state index >= 15 is 0 Å². The van der Waals surface area contributed by atoms with Crippen molar-refractivity contribution in [3.63, 3.8) is 0 Å². The van der Waals surface area contributed by atoms with E-state index in [1.54, 1.807) is 0 Å². The van der Waals surface area contributed by atoms with Gasteiger partial charge in [0.25, 0.3) is 0 Å². The average molecular weight is 209 g/mol. The highest BCUT2D eigenvalue weighted by molar-refractivity contribution is 4.97. The van der Waals surface area contributed by atoms with Crippen LogP contribution in [0.2, 0.25) is 0 Å². The molecule has 2 aliphatic heterocycles. The molecule has 0 amide bonds. The Kier molecular flexibility index (Phi) is 3.81. The minimum Gasteiger partial charge on any atom is -0.375 e. The topological polar surface area (TPSA) is 21.3 Å². The molecular formula is C13H23NO. The molecular weight excluding hydrogens is 186 g/mol. The van der Waals surface area contributed by atoms with Crippen molar-refractivity contribution >= 4 is 0 Å². The van der Waals surface area contributed by atoms with Crippen molar-refractivity contribution in [2.24, 2.45) is 5.92 Å². The van der Waals surface area contributed by atoms with Crippen molar-refractivity contribution in [3.05, 3.63) is 12.7 Å². The molecule has 2 fully saturated rings. The number of rotatable bonds is 6. The molecule has 86 valence electrons. The highest BCUT2D eigenvalue weighted by Gasteiger charge is 2.43. The summed E-state index contributed by atoms with van der Waals surface area (Å²) >= 11 is 0. The third kappa shape index (κ3) is 2.43. The maximum absolute atomic E-state index is 5.92. The number of hydrogen-bond acceptors (Lipinski definition) is 2. The molecule has 0 aliphatic carbocycles. The Morgan fingerprint density at radius 3 is 2.93 bits per heavy atom. The van der Waals surface area contributed by atoms with E-state index in [-0.39, 0.29) is 0 Å². The van der Waals surface area contributed by atoms with Crippen molar-refractivity contribution in [1.82, 2.24) is 5.32 Å². The van der Waals surface area contributed by atoms with E-state index in [9.17, 15) is 0 Å². The second-order valence-electron chi connectivity index (χ2n) is 4.86. The molecule has 0 aromatic heterocycles. The number of ether oxygens (including phenoxy) is 1. The molecule has 2 saturated heterocycles. The Morgan fingerprint density at radius 2 is 2.40 bits per heavy atom. The van der Waals surface area contributed by atoms with Crippen molar-refractivity contribution in [2.45, 2.75) is 57.3 Å². The van der Waals surface area contributed by atoms with Gasteiger partial charge in [-0.3, -0.25) is 0 Å². The Bertz CT molecular complexity index is 217. The fourth-order valence-corrected chi connectivity index (χ4v) is 3.02. The van der Waals surface area contributed by atoms with Gasteiger partial charge in [-0.2, -0.15) is 0 Å². The quantitative estimate of drug-likeness (QED) is 0.679. The van der Waals surface area contributed by atoms with E-state index in [0.717, 1.165) is 18.9 Å². The molecule has 0 aromatic carbocycles. The Labute approximate surface area is 93.1 Å². The van der Waals surface area contributed by atoms with Crippen LogP contribution in [0.4, 0.5) is 0 Å². The van der Waals surface area contributed by atoms with Gasteiger partial charge in [0.2, 0.25) is 0 Å². The molecule has 0 aromatic rings. The third-order valence-electron chi connectivity index (χ3n) is 3.75. The smallest absolute Gasteiger partial charge is 0.0623 e. The molecule has 2 aliphatic rings. The van der Waals surface area contributed by atoms with Crippen LogP contribution in [-0.4, -0.2) is 24.8 Å². The first-order valence-electron chi connectivity index (χ1n) is 6.35. The van der Waals surface area contributed by atoms with Gasteiger partial charge in [-0.25, -0.2) is 0 Å². The molecule has 0 spiro atoms. The van der Waals surface area contributed by atoms with E-state index in [4.69, 9.17) is 4.74 Å². The lowest BCUT2D eigenvalue weighted by atomic mass is 9.82. The summed E-state index contributed by atoms with van der Waals surface area (Å²) in [5, 5.41) is 3.65. The molecule has 4 atom stereocenters. The number of fused-ring (bicyclic) bond motifs is 2. The van der Waals surface area contributed by atoms with Gasteiger partial charge in [-0.15, -0.1) is 6.58 Å². The predicted octanol–water partition coefficient (Wildman–Crippen LogP) is 2.50. The van der Waals surface area contributed by atoms with Gasteiger partial charge in [0.05, 0.1) is 12.2 Å². The molecule has 1 N–H and O–H groups in total. The van der Waals surface area contributed by atoms with E-state index in [2.05, 4.69) is 18.8 Å². The highest BCUT2D eigenvalue weighted by Crippen LogP contribution is 2.41. The molecule has 2 heterocycles. The summed E-state index contributed by atoms with van der Waals surface area (Å²) in [5.74, 6) is 0.730. The molecule has 2 nitrogen and oxygen atoms in total. The van der Waals surface area contributed by atoms with Gasteiger partial charge in [-0.05, 0) is 38.6 Å². The van der Waals surface area contributed by atoms with Crippen LogP contribution in [0.5, 0.6) is 0 Å². The normalized spacial score (nSPS) is 35.7. The SMILES string of the molecule is C=CCC(NCCC)C1CC2CCC1O2. The van der Waals surface area contributed by atoms with Crippen molar-refractivity contribution in [2.75, 3.05) is 6.54 Å². The van der Waals surface area contributed by atoms with Gasteiger partial charge in [0.15, 0.2) is 0 Å².